The normalized spacial score (nSPS) is 17.6. The quantitative estimate of drug-likeness (QED) is 0.823. The Morgan fingerprint density at radius 1 is 1.56 bits per heavy atom. The first-order valence-corrected chi connectivity index (χ1v) is 5.84. The summed E-state index contributed by atoms with van der Waals surface area (Å²) in [6.45, 7) is 7.48. The van der Waals surface area contributed by atoms with E-state index in [2.05, 4.69) is 11.9 Å². The van der Waals surface area contributed by atoms with Gasteiger partial charge in [0.2, 0.25) is 5.91 Å². The topological polar surface area (TPSA) is 49.4 Å². The molecule has 0 spiro atoms. The molecule has 18 heavy (non-hydrogen) atoms. The van der Waals surface area contributed by atoms with Crippen molar-refractivity contribution in [3.05, 3.63) is 42.0 Å². The summed E-state index contributed by atoms with van der Waals surface area (Å²) in [6, 6.07) is 5.24. The fourth-order valence-electron chi connectivity index (χ4n) is 2.22. The molecule has 2 rings (SSSR count). The molecule has 1 aliphatic rings. The monoisotopic (exact) mass is 244 g/mol. The number of hydrogen-bond acceptors (Lipinski definition) is 2. The zero-order valence-corrected chi connectivity index (χ0v) is 10.6. The Balaban J connectivity index is 2.46. The summed E-state index contributed by atoms with van der Waals surface area (Å²) in [5, 5.41) is 2.70. The van der Waals surface area contributed by atoms with Gasteiger partial charge >= 0.3 is 0 Å². The van der Waals surface area contributed by atoms with E-state index in [9.17, 15) is 9.59 Å². The lowest BCUT2D eigenvalue weighted by atomic mass is 10.1. The molecular formula is C14H16N2O2. The number of nitrogens with zero attached hydrogens (tertiary/aromatic N) is 1. The highest BCUT2D eigenvalue weighted by Crippen LogP contribution is 2.36. The maximum Gasteiger partial charge on any atom is 0.254 e. The van der Waals surface area contributed by atoms with Gasteiger partial charge in [0, 0.05) is 24.7 Å². The lowest BCUT2D eigenvalue weighted by Gasteiger charge is -2.15. The number of hydrogen-bond donors (Lipinski definition) is 1. The van der Waals surface area contributed by atoms with Crippen LogP contribution >= 0.6 is 0 Å². The predicted octanol–water partition coefficient (Wildman–Crippen LogP) is 1.70. The number of benzene rings is 1. The molecule has 1 aromatic carbocycles. The Morgan fingerprint density at radius 3 is 2.89 bits per heavy atom. The van der Waals surface area contributed by atoms with Gasteiger partial charge in [-0.05, 0) is 13.0 Å². The molecule has 0 saturated heterocycles. The third-order valence-electron chi connectivity index (χ3n) is 2.96. The van der Waals surface area contributed by atoms with Crippen LogP contribution in [0.25, 0.3) is 0 Å². The second kappa shape index (κ2) is 4.64. The van der Waals surface area contributed by atoms with Crippen molar-refractivity contribution in [3.8, 4) is 0 Å². The first kappa shape index (κ1) is 12.4. The number of rotatable bonds is 3. The van der Waals surface area contributed by atoms with E-state index in [1.54, 1.807) is 11.0 Å². The number of anilines is 1. The molecule has 0 fully saturated rings. The zero-order chi connectivity index (χ0) is 13.3. The van der Waals surface area contributed by atoms with Crippen molar-refractivity contribution in [1.82, 2.24) is 5.32 Å². The van der Waals surface area contributed by atoms with Crippen molar-refractivity contribution in [3.63, 3.8) is 0 Å². The molecule has 2 amide bonds. The van der Waals surface area contributed by atoms with Crippen LogP contribution < -0.4 is 10.2 Å². The van der Waals surface area contributed by atoms with Gasteiger partial charge in [-0.25, -0.2) is 0 Å². The van der Waals surface area contributed by atoms with Gasteiger partial charge in [-0.15, -0.1) is 6.58 Å². The Kier molecular flexibility index (Phi) is 3.19. The third kappa shape index (κ3) is 2.01. The lowest BCUT2D eigenvalue weighted by molar-refractivity contribution is -0.126. The van der Waals surface area contributed by atoms with Gasteiger partial charge in [-0.1, -0.05) is 23.8 Å². The van der Waals surface area contributed by atoms with Crippen molar-refractivity contribution >= 4 is 17.5 Å². The molecule has 1 atom stereocenters. The predicted molar refractivity (Wildman–Crippen MR) is 70.3 cm³/mol. The second-order valence-electron chi connectivity index (χ2n) is 4.43. The van der Waals surface area contributed by atoms with Crippen molar-refractivity contribution in [2.24, 2.45) is 0 Å². The SMILES string of the molecule is C=CCN1C(=O)C(NC(C)=O)c2cc(C)ccc21. The van der Waals surface area contributed by atoms with E-state index in [0.717, 1.165) is 16.8 Å². The van der Waals surface area contributed by atoms with E-state index in [1.165, 1.54) is 6.92 Å². The minimum absolute atomic E-state index is 0.106. The number of aryl methyl sites for hydroxylation is 1. The van der Waals surface area contributed by atoms with Gasteiger partial charge in [0.15, 0.2) is 0 Å². The first-order chi connectivity index (χ1) is 8.54. The van der Waals surface area contributed by atoms with Crippen molar-refractivity contribution in [2.75, 3.05) is 11.4 Å². The highest BCUT2D eigenvalue weighted by atomic mass is 16.2. The summed E-state index contributed by atoms with van der Waals surface area (Å²) >= 11 is 0. The summed E-state index contributed by atoms with van der Waals surface area (Å²) in [4.78, 5) is 25.1. The summed E-state index contributed by atoms with van der Waals surface area (Å²) < 4.78 is 0. The molecule has 1 N–H and O–H groups in total. The molecule has 1 heterocycles. The number of fused-ring (bicyclic) bond motifs is 1. The standard InChI is InChI=1S/C14H16N2O2/c1-4-7-16-12-6-5-9(2)8-11(12)13(14(16)18)15-10(3)17/h4-6,8,13H,1,7H2,2-3H3,(H,15,17). The fourth-order valence-corrected chi connectivity index (χ4v) is 2.22. The zero-order valence-electron chi connectivity index (χ0n) is 10.6. The van der Waals surface area contributed by atoms with Crippen LogP contribution in [0.15, 0.2) is 30.9 Å². The Hall–Kier alpha value is -2.10. The summed E-state index contributed by atoms with van der Waals surface area (Å²) in [7, 11) is 0. The largest absolute Gasteiger partial charge is 0.341 e. The van der Waals surface area contributed by atoms with E-state index >= 15 is 0 Å². The summed E-state index contributed by atoms with van der Waals surface area (Å²) in [6.07, 6.45) is 1.68. The molecule has 1 aromatic rings. The van der Waals surface area contributed by atoms with Crippen molar-refractivity contribution < 1.29 is 9.59 Å². The number of amides is 2. The molecule has 4 nitrogen and oxygen atoms in total. The van der Waals surface area contributed by atoms with Crippen LogP contribution in [0.1, 0.15) is 24.1 Å². The summed E-state index contributed by atoms with van der Waals surface area (Å²) in [5.74, 6) is -0.313. The number of carbonyl (C=O) groups is 2. The minimum Gasteiger partial charge on any atom is -0.341 e. The van der Waals surface area contributed by atoms with Crippen LogP contribution in [-0.4, -0.2) is 18.4 Å². The van der Waals surface area contributed by atoms with Crippen LogP contribution in [0.3, 0.4) is 0 Å². The van der Waals surface area contributed by atoms with Crippen LogP contribution in [0, 0.1) is 6.92 Å². The minimum atomic E-state index is -0.572. The number of carbonyl (C=O) groups excluding carboxylic acids is 2. The van der Waals surface area contributed by atoms with Gasteiger partial charge in [0.1, 0.15) is 6.04 Å². The maximum absolute atomic E-state index is 12.3. The van der Waals surface area contributed by atoms with Crippen LogP contribution in [0.5, 0.6) is 0 Å². The van der Waals surface area contributed by atoms with Crippen LogP contribution in [0.4, 0.5) is 5.69 Å². The highest BCUT2D eigenvalue weighted by molar-refractivity contribution is 6.06. The van der Waals surface area contributed by atoms with Crippen LogP contribution in [-0.2, 0) is 9.59 Å². The van der Waals surface area contributed by atoms with E-state index in [0.29, 0.717) is 6.54 Å². The van der Waals surface area contributed by atoms with Gasteiger partial charge < -0.3 is 10.2 Å². The van der Waals surface area contributed by atoms with E-state index in [-0.39, 0.29) is 11.8 Å². The molecular weight excluding hydrogens is 228 g/mol. The highest BCUT2D eigenvalue weighted by Gasteiger charge is 2.37. The maximum atomic E-state index is 12.3. The van der Waals surface area contributed by atoms with E-state index < -0.39 is 6.04 Å². The van der Waals surface area contributed by atoms with Gasteiger partial charge in [-0.2, -0.15) is 0 Å². The number of nitrogens with one attached hydrogen (secondary N) is 1. The molecule has 1 aliphatic heterocycles. The van der Waals surface area contributed by atoms with Gasteiger partial charge in [0.05, 0.1) is 0 Å². The van der Waals surface area contributed by atoms with Crippen molar-refractivity contribution in [1.29, 1.82) is 0 Å². The van der Waals surface area contributed by atoms with E-state index in [4.69, 9.17) is 0 Å². The molecule has 94 valence electrons. The second-order valence-corrected chi connectivity index (χ2v) is 4.43. The smallest absolute Gasteiger partial charge is 0.254 e. The average Bonchev–Trinajstić information content (AvgIpc) is 2.54. The van der Waals surface area contributed by atoms with Gasteiger partial charge in [0.25, 0.3) is 5.91 Å². The molecule has 0 aromatic heterocycles. The lowest BCUT2D eigenvalue weighted by Crippen LogP contribution is -2.36. The molecule has 1 unspecified atom stereocenters. The first-order valence-electron chi connectivity index (χ1n) is 5.84. The summed E-state index contributed by atoms with van der Waals surface area (Å²) in [5.41, 5.74) is 2.78. The Labute approximate surface area is 106 Å². The average molecular weight is 244 g/mol. The molecule has 0 radical (unpaired) electrons. The van der Waals surface area contributed by atoms with Gasteiger partial charge in [-0.3, -0.25) is 9.59 Å². The molecule has 4 heteroatoms. The molecule has 0 bridgehead atoms. The van der Waals surface area contributed by atoms with Crippen molar-refractivity contribution in [2.45, 2.75) is 19.9 Å². The van der Waals surface area contributed by atoms with Crippen LogP contribution in [0.2, 0.25) is 0 Å². The fraction of sp³-hybridized carbons (Fsp3) is 0.286. The Morgan fingerprint density at radius 2 is 2.28 bits per heavy atom. The molecule has 0 saturated carbocycles. The third-order valence-corrected chi connectivity index (χ3v) is 2.96. The molecule has 0 aliphatic carbocycles. The Bertz CT molecular complexity index is 523. The van der Waals surface area contributed by atoms with E-state index in [1.807, 2.05) is 25.1 Å².